The lowest BCUT2D eigenvalue weighted by atomic mass is 9.75. The molecule has 5 heteroatoms. The average Bonchev–Trinajstić information content (AvgIpc) is 3.01. The highest BCUT2D eigenvalue weighted by molar-refractivity contribution is 5.90. The van der Waals surface area contributed by atoms with Crippen LogP contribution in [-0.4, -0.2) is 42.7 Å². The second-order valence-corrected chi connectivity index (χ2v) is 7.53. The molecule has 136 valence electrons. The highest BCUT2D eigenvalue weighted by atomic mass is 16.5. The number of aromatic nitrogens is 1. The Hall–Kier alpha value is -2.27. The van der Waals surface area contributed by atoms with Crippen molar-refractivity contribution in [3.05, 3.63) is 41.1 Å². The molecule has 1 aromatic heterocycles. The van der Waals surface area contributed by atoms with Gasteiger partial charge in [-0.15, -0.1) is 0 Å². The zero-order chi connectivity index (χ0) is 18.0. The summed E-state index contributed by atoms with van der Waals surface area (Å²) in [4.78, 5) is 15.4. The van der Waals surface area contributed by atoms with Crippen molar-refractivity contribution >= 4 is 16.9 Å². The first kappa shape index (κ1) is 15.9. The van der Waals surface area contributed by atoms with Gasteiger partial charge in [-0.05, 0) is 43.5 Å². The molecule has 0 radical (unpaired) electrons. The number of hydrogen-bond acceptors (Lipinski definition) is 4. The van der Waals surface area contributed by atoms with Crippen LogP contribution in [0.4, 0.5) is 0 Å². The Balaban J connectivity index is 1.84. The van der Waals surface area contributed by atoms with Crippen LogP contribution in [0.3, 0.4) is 0 Å². The molecule has 2 aromatic rings. The second kappa shape index (κ2) is 5.61. The van der Waals surface area contributed by atoms with E-state index in [0.717, 1.165) is 37.2 Å². The minimum atomic E-state index is -0.276. The number of carbonyl (C=O) groups is 1. The number of piperidine rings is 1. The first-order valence-corrected chi connectivity index (χ1v) is 9.35. The summed E-state index contributed by atoms with van der Waals surface area (Å²) in [6.45, 7) is 4.12. The van der Waals surface area contributed by atoms with Crippen LogP contribution in [0.1, 0.15) is 36.7 Å². The molecule has 1 saturated heterocycles. The molecule has 3 aliphatic heterocycles. The van der Waals surface area contributed by atoms with Crippen LogP contribution in [0.5, 0.6) is 5.75 Å². The average molecular weight is 352 g/mol. The zero-order valence-electron chi connectivity index (χ0n) is 15.5. The largest absolute Gasteiger partial charge is 0.497 e. The van der Waals surface area contributed by atoms with Gasteiger partial charge in [0, 0.05) is 35.6 Å². The van der Waals surface area contributed by atoms with Crippen molar-refractivity contribution in [2.24, 2.45) is 5.92 Å². The van der Waals surface area contributed by atoms with Gasteiger partial charge in [-0.1, -0.05) is 11.6 Å². The summed E-state index contributed by atoms with van der Waals surface area (Å²) in [5, 5.41) is 1.22. The molecule has 2 bridgehead atoms. The SMILES string of the molecule is C/C=C1/CN2CCc3c4n(c5ccc(OC)cc35)C(C(=O)OC)[C@H]1C[C@@H]42. The molecule has 1 fully saturated rings. The Bertz CT molecular complexity index is 942. The summed E-state index contributed by atoms with van der Waals surface area (Å²) in [6.07, 6.45) is 4.21. The van der Waals surface area contributed by atoms with Crippen LogP contribution >= 0.6 is 0 Å². The summed E-state index contributed by atoms with van der Waals surface area (Å²) in [5.41, 5.74) is 5.19. The zero-order valence-corrected chi connectivity index (χ0v) is 15.5. The van der Waals surface area contributed by atoms with Crippen LogP contribution in [0.25, 0.3) is 10.9 Å². The summed E-state index contributed by atoms with van der Waals surface area (Å²) < 4.78 is 13.0. The summed E-state index contributed by atoms with van der Waals surface area (Å²) in [6, 6.07) is 6.34. The predicted octanol–water partition coefficient (Wildman–Crippen LogP) is 3.24. The number of carbonyl (C=O) groups excluding carboxylic acids is 1. The molecule has 0 saturated carbocycles. The van der Waals surface area contributed by atoms with E-state index in [1.165, 1.54) is 29.3 Å². The number of fused-ring (bicyclic) bond motifs is 4. The predicted molar refractivity (Wildman–Crippen MR) is 99.4 cm³/mol. The van der Waals surface area contributed by atoms with Crippen molar-refractivity contribution in [1.82, 2.24) is 9.47 Å². The number of rotatable bonds is 2. The lowest BCUT2D eigenvalue weighted by molar-refractivity contribution is -0.147. The van der Waals surface area contributed by atoms with E-state index in [-0.39, 0.29) is 17.9 Å². The van der Waals surface area contributed by atoms with Gasteiger partial charge in [-0.25, -0.2) is 4.79 Å². The quantitative estimate of drug-likeness (QED) is 0.615. The highest BCUT2D eigenvalue weighted by Gasteiger charge is 2.49. The van der Waals surface area contributed by atoms with Crippen molar-refractivity contribution in [3.63, 3.8) is 0 Å². The Morgan fingerprint density at radius 2 is 2.15 bits per heavy atom. The Kier molecular flexibility index (Phi) is 3.44. The number of allylic oxidation sites excluding steroid dienone is 1. The first-order chi connectivity index (χ1) is 12.7. The number of methoxy groups -OCH3 is 2. The van der Waals surface area contributed by atoms with Gasteiger partial charge in [0.05, 0.1) is 20.3 Å². The summed E-state index contributed by atoms with van der Waals surface area (Å²) in [7, 11) is 3.20. The van der Waals surface area contributed by atoms with E-state index in [9.17, 15) is 4.79 Å². The topological polar surface area (TPSA) is 43.7 Å². The molecule has 1 unspecified atom stereocenters. The molecule has 5 nitrogen and oxygen atoms in total. The van der Waals surface area contributed by atoms with Gasteiger partial charge in [0.25, 0.3) is 0 Å². The maximum absolute atomic E-state index is 12.9. The van der Waals surface area contributed by atoms with Crippen molar-refractivity contribution < 1.29 is 14.3 Å². The minimum Gasteiger partial charge on any atom is -0.497 e. The van der Waals surface area contributed by atoms with Crippen LogP contribution in [0, 0.1) is 5.92 Å². The van der Waals surface area contributed by atoms with Crippen LogP contribution in [-0.2, 0) is 16.0 Å². The van der Waals surface area contributed by atoms with Gasteiger partial charge in [-0.3, -0.25) is 4.90 Å². The summed E-state index contributed by atoms with van der Waals surface area (Å²) in [5.74, 6) is 0.943. The third-order valence-corrected chi connectivity index (χ3v) is 6.57. The van der Waals surface area contributed by atoms with E-state index in [4.69, 9.17) is 9.47 Å². The van der Waals surface area contributed by atoms with Crippen molar-refractivity contribution in [2.75, 3.05) is 27.3 Å². The number of esters is 1. The van der Waals surface area contributed by atoms with Gasteiger partial charge in [0.2, 0.25) is 0 Å². The Morgan fingerprint density at radius 3 is 2.88 bits per heavy atom. The highest BCUT2D eigenvalue weighted by Crippen LogP contribution is 2.53. The molecule has 3 aliphatic rings. The minimum absolute atomic E-state index is 0.137. The Morgan fingerprint density at radius 1 is 1.31 bits per heavy atom. The first-order valence-electron chi connectivity index (χ1n) is 9.35. The Labute approximate surface area is 153 Å². The van der Waals surface area contributed by atoms with Crippen LogP contribution < -0.4 is 4.74 Å². The maximum atomic E-state index is 12.9. The van der Waals surface area contributed by atoms with Gasteiger partial charge in [0.1, 0.15) is 11.8 Å². The molecular formula is C21H24N2O3. The fourth-order valence-corrected chi connectivity index (χ4v) is 5.42. The van der Waals surface area contributed by atoms with Gasteiger partial charge in [-0.2, -0.15) is 0 Å². The molecule has 0 amide bonds. The van der Waals surface area contributed by atoms with E-state index in [2.05, 4.69) is 34.6 Å². The summed E-state index contributed by atoms with van der Waals surface area (Å²) >= 11 is 0. The smallest absolute Gasteiger partial charge is 0.329 e. The standard InChI is InChI=1S/C21H24N2O3/c1-4-12-11-22-8-7-14-16-9-13(25-2)5-6-17(16)23-19(14)18(22)10-15(12)20(23)21(24)26-3/h4-6,9,15,18,20H,7-8,10-11H2,1-3H3/b12-4-/t15-,18-,20?/m0/s1. The van der Waals surface area contributed by atoms with Gasteiger partial charge >= 0.3 is 5.97 Å². The lowest BCUT2D eigenvalue weighted by Crippen LogP contribution is -2.50. The van der Waals surface area contributed by atoms with E-state index < -0.39 is 0 Å². The fourth-order valence-electron chi connectivity index (χ4n) is 5.42. The third-order valence-electron chi connectivity index (χ3n) is 6.57. The van der Waals surface area contributed by atoms with Gasteiger partial charge < -0.3 is 14.0 Å². The third kappa shape index (κ3) is 1.92. The van der Waals surface area contributed by atoms with Crippen molar-refractivity contribution in [3.8, 4) is 5.75 Å². The molecule has 3 atom stereocenters. The fraction of sp³-hybridized carbons (Fsp3) is 0.476. The van der Waals surface area contributed by atoms with Crippen molar-refractivity contribution in [1.29, 1.82) is 0 Å². The van der Waals surface area contributed by atoms with E-state index >= 15 is 0 Å². The van der Waals surface area contributed by atoms with Gasteiger partial charge in [0.15, 0.2) is 0 Å². The van der Waals surface area contributed by atoms with Crippen LogP contribution in [0.2, 0.25) is 0 Å². The number of benzene rings is 1. The number of nitrogens with zero attached hydrogens (tertiary/aromatic N) is 2. The van der Waals surface area contributed by atoms with E-state index in [1.54, 1.807) is 7.11 Å². The van der Waals surface area contributed by atoms with Crippen LogP contribution in [0.15, 0.2) is 29.8 Å². The molecular weight excluding hydrogens is 328 g/mol. The molecule has 0 N–H and O–H groups in total. The monoisotopic (exact) mass is 352 g/mol. The van der Waals surface area contributed by atoms with E-state index in [1.807, 2.05) is 6.07 Å². The van der Waals surface area contributed by atoms with Crippen molar-refractivity contribution in [2.45, 2.75) is 31.8 Å². The molecule has 26 heavy (non-hydrogen) atoms. The molecule has 0 spiro atoms. The number of hydrogen-bond donors (Lipinski definition) is 0. The lowest BCUT2D eigenvalue weighted by Gasteiger charge is -2.50. The van der Waals surface area contributed by atoms with E-state index in [0.29, 0.717) is 6.04 Å². The normalized spacial score (nSPS) is 28.4. The number of ether oxygens (including phenoxy) is 2. The maximum Gasteiger partial charge on any atom is 0.329 e. The molecule has 1 aromatic carbocycles. The molecule has 5 rings (SSSR count). The molecule has 4 heterocycles. The molecule has 0 aliphatic carbocycles. The second-order valence-electron chi connectivity index (χ2n) is 7.53.